The zero-order valence-corrected chi connectivity index (χ0v) is 12.7. The molecule has 2 rings (SSSR count). The number of halogens is 2. The lowest BCUT2D eigenvalue weighted by molar-refractivity contribution is 0.581. The van der Waals surface area contributed by atoms with Crippen molar-refractivity contribution in [2.24, 2.45) is 0 Å². The molecule has 0 aliphatic rings. The topological polar surface area (TPSA) is 59.1 Å². The number of sulfonamides is 1. The van der Waals surface area contributed by atoms with E-state index in [1.807, 2.05) is 12.1 Å². The summed E-state index contributed by atoms with van der Waals surface area (Å²) in [6, 6.07) is 8.68. The van der Waals surface area contributed by atoms with Gasteiger partial charge in [-0.25, -0.2) is 13.1 Å². The maximum atomic E-state index is 12.0. The van der Waals surface area contributed by atoms with Crippen molar-refractivity contribution in [2.75, 3.05) is 6.54 Å². The molecule has 1 aromatic heterocycles. The molecule has 0 aliphatic carbocycles. The molecule has 7 heteroatoms. The Morgan fingerprint density at radius 3 is 2.45 bits per heavy atom. The van der Waals surface area contributed by atoms with Crippen LogP contribution >= 0.6 is 23.2 Å². The molecule has 4 nitrogen and oxygen atoms in total. The highest BCUT2D eigenvalue weighted by Gasteiger charge is 2.17. The molecular weight excluding hydrogens is 319 g/mol. The van der Waals surface area contributed by atoms with Crippen LogP contribution in [-0.2, 0) is 16.4 Å². The Hall–Kier alpha value is -1.14. The first-order chi connectivity index (χ1) is 9.49. The molecule has 106 valence electrons. The van der Waals surface area contributed by atoms with Crippen LogP contribution in [0, 0.1) is 0 Å². The summed E-state index contributed by atoms with van der Waals surface area (Å²) in [5.74, 6) is 0. The van der Waals surface area contributed by atoms with Gasteiger partial charge in [0.05, 0.1) is 5.02 Å². The van der Waals surface area contributed by atoms with Crippen LogP contribution in [0.2, 0.25) is 10.0 Å². The first kappa shape index (κ1) is 15.3. The van der Waals surface area contributed by atoms with Gasteiger partial charge in [-0.2, -0.15) is 0 Å². The average molecular weight is 331 g/mol. The number of pyridine rings is 1. The molecule has 1 N–H and O–H groups in total. The van der Waals surface area contributed by atoms with Crippen LogP contribution in [0.4, 0.5) is 0 Å². The number of aromatic nitrogens is 1. The van der Waals surface area contributed by atoms with Crippen LogP contribution in [0.1, 0.15) is 5.56 Å². The number of hydrogen-bond donors (Lipinski definition) is 1. The second kappa shape index (κ2) is 6.54. The van der Waals surface area contributed by atoms with E-state index in [0.29, 0.717) is 11.4 Å². The van der Waals surface area contributed by atoms with Crippen LogP contribution in [-0.4, -0.2) is 19.9 Å². The molecule has 0 unspecified atom stereocenters. The number of nitrogens with zero attached hydrogens (tertiary/aromatic N) is 1. The smallest absolute Gasteiger partial charge is 0.243 e. The van der Waals surface area contributed by atoms with Crippen molar-refractivity contribution < 1.29 is 8.42 Å². The Bertz CT molecular complexity index is 688. The summed E-state index contributed by atoms with van der Waals surface area (Å²) < 4.78 is 26.6. The number of benzene rings is 1. The maximum absolute atomic E-state index is 12.0. The van der Waals surface area contributed by atoms with Crippen molar-refractivity contribution in [1.82, 2.24) is 9.71 Å². The SMILES string of the molecule is O=S(=O)(NCCc1ccc(Cl)cc1)c1cnccc1Cl. The largest absolute Gasteiger partial charge is 0.263 e. The van der Waals surface area contributed by atoms with E-state index in [0.717, 1.165) is 5.56 Å². The third-order valence-corrected chi connectivity index (χ3v) is 4.82. The van der Waals surface area contributed by atoms with Gasteiger partial charge in [-0.15, -0.1) is 0 Å². The molecule has 20 heavy (non-hydrogen) atoms. The quantitative estimate of drug-likeness (QED) is 0.916. The molecule has 1 aromatic carbocycles. The molecule has 0 aliphatic heterocycles. The molecule has 0 atom stereocenters. The zero-order valence-electron chi connectivity index (χ0n) is 10.4. The molecule has 0 fully saturated rings. The van der Waals surface area contributed by atoms with Gasteiger partial charge in [0.1, 0.15) is 4.90 Å². The monoisotopic (exact) mass is 330 g/mol. The maximum Gasteiger partial charge on any atom is 0.243 e. The number of nitrogens with one attached hydrogen (secondary N) is 1. The predicted octanol–water partition coefficient (Wildman–Crippen LogP) is 2.91. The summed E-state index contributed by atoms with van der Waals surface area (Å²) in [5, 5.41) is 0.801. The van der Waals surface area contributed by atoms with E-state index in [9.17, 15) is 8.42 Å². The lowest BCUT2D eigenvalue weighted by Gasteiger charge is -2.07. The van der Waals surface area contributed by atoms with Crippen molar-refractivity contribution in [3.05, 3.63) is 58.3 Å². The Kier molecular flexibility index (Phi) is 4.99. The Balaban J connectivity index is 2.00. The van der Waals surface area contributed by atoms with Gasteiger partial charge in [0, 0.05) is 24.0 Å². The van der Waals surface area contributed by atoms with Gasteiger partial charge in [-0.05, 0) is 30.2 Å². The zero-order chi connectivity index (χ0) is 14.6. The van der Waals surface area contributed by atoms with E-state index in [-0.39, 0.29) is 16.5 Å². The Morgan fingerprint density at radius 2 is 1.80 bits per heavy atom. The van der Waals surface area contributed by atoms with Crippen molar-refractivity contribution in [2.45, 2.75) is 11.3 Å². The first-order valence-corrected chi connectivity index (χ1v) is 8.06. The van der Waals surface area contributed by atoms with Gasteiger partial charge in [0.25, 0.3) is 0 Å². The third kappa shape index (κ3) is 3.93. The summed E-state index contributed by atoms with van der Waals surface area (Å²) in [6.45, 7) is 0.273. The van der Waals surface area contributed by atoms with E-state index in [4.69, 9.17) is 23.2 Å². The Labute approximate surface area is 127 Å². The van der Waals surface area contributed by atoms with Crippen LogP contribution < -0.4 is 4.72 Å². The van der Waals surface area contributed by atoms with Crippen LogP contribution in [0.5, 0.6) is 0 Å². The van der Waals surface area contributed by atoms with Crippen LogP contribution in [0.3, 0.4) is 0 Å². The molecule has 2 aromatic rings. The van der Waals surface area contributed by atoms with E-state index in [1.54, 1.807) is 12.1 Å². The lowest BCUT2D eigenvalue weighted by Crippen LogP contribution is -2.26. The highest BCUT2D eigenvalue weighted by Crippen LogP contribution is 2.18. The Morgan fingerprint density at radius 1 is 1.10 bits per heavy atom. The van der Waals surface area contributed by atoms with E-state index < -0.39 is 10.0 Å². The van der Waals surface area contributed by atoms with Gasteiger partial charge in [0.2, 0.25) is 10.0 Å². The highest BCUT2D eigenvalue weighted by molar-refractivity contribution is 7.89. The van der Waals surface area contributed by atoms with Crippen molar-refractivity contribution in [3.8, 4) is 0 Å². The predicted molar refractivity (Wildman–Crippen MR) is 79.6 cm³/mol. The average Bonchev–Trinajstić information content (AvgIpc) is 2.41. The summed E-state index contributed by atoms with van der Waals surface area (Å²) in [6.07, 6.45) is 3.23. The molecule has 0 spiro atoms. The van der Waals surface area contributed by atoms with E-state index in [2.05, 4.69) is 9.71 Å². The highest BCUT2D eigenvalue weighted by atomic mass is 35.5. The van der Waals surface area contributed by atoms with Crippen LogP contribution in [0.25, 0.3) is 0 Å². The molecule has 1 heterocycles. The fourth-order valence-electron chi connectivity index (χ4n) is 1.62. The van der Waals surface area contributed by atoms with E-state index in [1.165, 1.54) is 18.5 Å². The normalized spacial score (nSPS) is 11.5. The standard InChI is InChI=1S/C13H12Cl2N2O2S/c14-11-3-1-10(2-4-11)5-8-17-20(18,19)13-9-16-7-6-12(13)15/h1-4,6-7,9,17H,5,8H2. The van der Waals surface area contributed by atoms with Gasteiger partial charge in [0.15, 0.2) is 0 Å². The van der Waals surface area contributed by atoms with Gasteiger partial charge in [-0.3, -0.25) is 4.98 Å². The summed E-state index contributed by atoms with van der Waals surface area (Å²) in [5.41, 5.74) is 0.995. The minimum absolute atomic E-state index is 0.0160. The summed E-state index contributed by atoms with van der Waals surface area (Å²) >= 11 is 11.6. The molecule has 0 saturated carbocycles. The van der Waals surface area contributed by atoms with Crippen molar-refractivity contribution in [3.63, 3.8) is 0 Å². The second-order valence-electron chi connectivity index (χ2n) is 4.08. The van der Waals surface area contributed by atoms with E-state index >= 15 is 0 Å². The number of rotatable bonds is 5. The molecular formula is C13H12Cl2N2O2S. The fraction of sp³-hybridized carbons (Fsp3) is 0.154. The molecule has 0 radical (unpaired) electrons. The van der Waals surface area contributed by atoms with Gasteiger partial charge >= 0.3 is 0 Å². The molecule has 0 amide bonds. The van der Waals surface area contributed by atoms with Crippen molar-refractivity contribution >= 4 is 33.2 Å². The van der Waals surface area contributed by atoms with Crippen LogP contribution in [0.15, 0.2) is 47.6 Å². The lowest BCUT2D eigenvalue weighted by atomic mass is 10.2. The fourth-order valence-corrected chi connectivity index (χ4v) is 3.21. The summed E-state index contributed by atoms with van der Waals surface area (Å²) in [4.78, 5) is 3.75. The molecule has 0 bridgehead atoms. The first-order valence-electron chi connectivity index (χ1n) is 5.83. The minimum Gasteiger partial charge on any atom is -0.263 e. The third-order valence-electron chi connectivity index (χ3n) is 2.64. The van der Waals surface area contributed by atoms with Crippen molar-refractivity contribution in [1.29, 1.82) is 0 Å². The second-order valence-corrected chi connectivity index (χ2v) is 6.66. The molecule has 0 saturated heterocycles. The number of hydrogen-bond acceptors (Lipinski definition) is 3. The summed E-state index contributed by atoms with van der Waals surface area (Å²) in [7, 11) is -3.64. The van der Waals surface area contributed by atoms with Gasteiger partial charge in [-0.1, -0.05) is 35.3 Å². The minimum atomic E-state index is -3.64. The van der Waals surface area contributed by atoms with Gasteiger partial charge < -0.3 is 0 Å².